The Morgan fingerprint density at radius 1 is 0.704 bits per heavy atom. The maximum absolute atomic E-state index is 5.00. The maximum atomic E-state index is 5.00. The molecule has 0 aliphatic heterocycles. The van der Waals surface area contributed by atoms with Gasteiger partial charge in [0.1, 0.15) is 0 Å². The van der Waals surface area contributed by atoms with Crippen molar-refractivity contribution in [1.82, 2.24) is 9.78 Å². The first-order valence-corrected chi connectivity index (χ1v) is 9.37. The first-order valence-electron chi connectivity index (χ1n) is 9.37. The highest BCUT2D eigenvalue weighted by molar-refractivity contribution is 5.72. The zero-order valence-electron chi connectivity index (χ0n) is 16.1. The van der Waals surface area contributed by atoms with Crippen molar-refractivity contribution in [2.75, 3.05) is 0 Å². The first-order chi connectivity index (χ1) is 13.1. The summed E-state index contributed by atoms with van der Waals surface area (Å²) in [7, 11) is 0. The van der Waals surface area contributed by atoms with Crippen molar-refractivity contribution in [2.45, 2.75) is 27.3 Å². The van der Waals surface area contributed by atoms with Crippen LogP contribution in [-0.4, -0.2) is 9.78 Å². The molecular formula is C25H24N2. The van der Waals surface area contributed by atoms with Gasteiger partial charge in [-0.25, -0.2) is 0 Å². The molecule has 1 heterocycles. The van der Waals surface area contributed by atoms with Crippen molar-refractivity contribution in [2.24, 2.45) is 0 Å². The van der Waals surface area contributed by atoms with Gasteiger partial charge < -0.3 is 0 Å². The lowest BCUT2D eigenvalue weighted by Gasteiger charge is -2.10. The second-order valence-electron chi connectivity index (χ2n) is 7.19. The van der Waals surface area contributed by atoms with E-state index in [1.807, 2.05) is 0 Å². The van der Waals surface area contributed by atoms with Crippen LogP contribution in [0, 0.1) is 20.8 Å². The van der Waals surface area contributed by atoms with E-state index in [2.05, 4.69) is 104 Å². The summed E-state index contributed by atoms with van der Waals surface area (Å²) in [6.45, 7) is 7.19. The number of rotatable bonds is 4. The van der Waals surface area contributed by atoms with Crippen LogP contribution >= 0.6 is 0 Å². The van der Waals surface area contributed by atoms with Gasteiger partial charge in [0.15, 0.2) is 0 Å². The monoisotopic (exact) mass is 352 g/mol. The predicted octanol–water partition coefficient (Wildman–Crippen LogP) is 6.19. The highest BCUT2D eigenvalue weighted by Gasteiger charge is 2.14. The third-order valence-corrected chi connectivity index (χ3v) is 5.04. The summed E-state index contributed by atoms with van der Waals surface area (Å²) in [6.07, 6.45) is 0. The number of aromatic nitrogens is 2. The minimum Gasteiger partial charge on any atom is -0.260 e. The average Bonchev–Trinajstić information content (AvgIpc) is 3.06. The molecule has 0 radical (unpaired) electrons. The van der Waals surface area contributed by atoms with Crippen molar-refractivity contribution in [3.8, 4) is 22.5 Å². The molecule has 0 aliphatic carbocycles. The Morgan fingerprint density at radius 2 is 1.37 bits per heavy atom. The molecule has 0 amide bonds. The normalized spacial score (nSPS) is 10.9. The van der Waals surface area contributed by atoms with Crippen molar-refractivity contribution in [3.63, 3.8) is 0 Å². The topological polar surface area (TPSA) is 17.8 Å². The fourth-order valence-corrected chi connectivity index (χ4v) is 3.59. The lowest BCUT2D eigenvalue weighted by atomic mass is 10.0. The Bertz CT molecular complexity index is 1090. The molecular weight excluding hydrogens is 328 g/mol. The van der Waals surface area contributed by atoms with Gasteiger partial charge in [0.25, 0.3) is 0 Å². The SMILES string of the molecule is Cc1cccc(Cn2nc(-c3ccccc3C)cc2-c2ccccc2C)c1. The van der Waals surface area contributed by atoms with Crippen LogP contribution in [0.4, 0.5) is 0 Å². The van der Waals surface area contributed by atoms with E-state index in [0.717, 1.165) is 17.9 Å². The molecule has 3 aromatic carbocycles. The molecule has 2 heteroatoms. The molecule has 4 aromatic rings. The van der Waals surface area contributed by atoms with Crippen LogP contribution in [0.2, 0.25) is 0 Å². The van der Waals surface area contributed by atoms with E-state index >= 15 is 0 Å². The van der Waals surface area contributed by atoms with E-state index in [4.69, 9.17) is 5.10 Å². The molecule has 1 aromatic heterocycles. The van der Waals surface area contributed by atoms with E-state index in [0.29, 0.717) is 0 Å². The molecule has 0 saturated heterocycles. The van der Waals surface area contributed by atoms with Crippen molar-refractivity contribution in [1.29, 1.82) is 0 Å². The minimum absolute atomic E-state index is 0.761. The van der Waals surface area contributed by atoms with Gasteiger partial charge in [0, 0.05) is 11.1 Å². The molecule has 27 heavy (non-hydrogen) atoms. The summed E-state index contributed by atoms with van der Waals surface area (Å²) in [4.78, 5) is 0. The van der Waals surface area contributed by atoms with Crippen molar-refractivity contribution < 1.29 is 0 Å². The van der Waals surface area contributed by atoms with Gasteiger partial charge in [-0.1, -0.05) is 78.4 Å². The zero-order chi connectivity index (χ0) is 18.8. The largest absolute Gasteiger partial charge is 0.260 e. The second-order valence-corrected chi connectivity index (χ2v) is 7.19. The predicted molar refractivity (Wildman–Crippen MR) is 113 cm³/mol. The summed E-state index contributed by atoms with van der Waals surface area (Å²) in [5, 5.41) is 5.00. The Kier molecular flexibility index (Phi) is 4.64. The van der Waals surface area contributed by atoms with E-state index in [9.17, 15) is 0 Å². The molecule has 0 N–H and O–H groups in total. The molecule has 0 saturated carbocycles. The molecule has 0 bridgehead atoms. The van der Waals surface area contributed by atoms with Gasteiger partial charge in [0.05, 0.1) is 17.9 Å². The zero-order valence-corrected chi connectivity index (χ0v) is 16.1. The van der Waals surface area contributed by atoms with Crippen molar-refractivity contribution >= 4 is 0 Å². The van der Waals surface area contributed by atoms with Crippen LogP contribution < -0.4 is 0 Å². The summed E-state index contributed by atoms with van der Waals surface area (Å²) in [6, 6.07) is 27.8. The Labute approximate surface area is 161 Å². The molecule has 4 rings (SSSR count). The maximum Gasteiger partial charge on any atom is 0.0932 e. The van der Waals surface area contributed by atoms with E-state index in [1.165, 1.54) is 33.4 Å². The third kappa shape index (κ3) is 3.56. The number of aryl methyl sites for hydroxylation is 3. The number of hydrogen-bond acceptors (Lipinski definition) is 1. The third-order valence-electron chi connectivity index (χ3n) is 5.04. The quantitative estimate of drug-likeness (QED) is 0.428. The molecule has 0 aliphatic rings. The van der Waals surface area contributed by atoms with Gasteiger partial charge >= 0.3 is 0 Å². The summed E-state index contributed by atoms with van der Waals surface area (Å²) < 4.78 is 2.14. The number of hydrogen-bond donors (Lipinski definition) is 0. The first kappa shape index (κ1) is 17.3. The van der Waals surface area contributed by atoms with E-state index in [-0.39, 0.29) is 0 Å². The lowest BCUT2D eigenvalue weighted by Crippen LogP contribution is -2.04. The summed E-state index contributed by atoms with van der Waals surface area (Å²) in [5.41, 5.74) is 9.66. The Balaban J connectivity index is 1.85. The van der Waals surface area contributed by atoms with Crippen LogP contribution in [0.1, 0.15) is 22.3 Å². The van der Waals surface area contributed by atoms with Gasteiger partial charge in [-0.3, -0.25) is 4.68 Å². The smallest absolute Gasteiger partial charge is 0.0932 e. The fraction of sp³-hybridized carbons (Fsp3) is 0.160. The van der Waals surface area contributed by atoms with Gasteiger partial charge in [0.2, 0.25) is 0 Å². The molecule has 134 valence electrons. The van der Waals surface area contributed by atoms with Crippen LogP contribution in [0.15, 0.2) is 78.9 Å². The standard InChI is InChI=1S/C25H24N2/c1-18-9-8-12-21(15-18)17-27-25(23-14-7-5-11-20(23)3)16-24(26-27)22-13-6-4-10-19(22)2/h4-16H,17H2,1-3H3. The number of nitrogens with zero attached hydrogens (tertiary/aromatic N) is 2. The molecule has 0 unspecified atom stereocenters. The lowest BCUT2D eigenvalue weighted by molar-refractivity contribution is 0.696. The van der Waals surface area contributed by atoms with Gasteiger partial charge in [-0.15, -0.1) is 0 Å². The molecule has 0 fully saturated rings. The second kappa shape index (κ2) is 7.24. The van der Waals surface area contributed by atoms with E-state index in [1.54, 1.807) is 0 Å². The summed E-state index contributed by atoms with van der Waals surface area (Å²) >= 11 is 0. The Morgan fingerprint density at radius 3 is 2.04 bits per heavy atom. The van der Waals surface area contributed by atoms with Gasteiger partial charge in [-0.05, 0) is 43.5 Å². The molecule has 0 atom stereocenters. The van der Waals surface area contributed by atoms with Crippen LogP contribution in [0.3, 0.4) is 0 Å². The van der Waals surface area contributed by atoms with Gasteiger partial charge in [-0.2, -0.15) is 5.10 Å². The molecule has 0 spiro atoms. The Hall–Kier alpha value is -3.13. The van der Waals surface area contributed by atoms with Crippen LogP contribution in [0.25, 0.3) is 22.5 Å². The highest BCUT2D eigenvalue weighted by Crippen LogP contribution is 2.30. The van der Waals surface area contributed by atoms with Crippen molar-refractivity contribution in [3.05, 3.63) is 101 Å². The van der Waals surface area contributed by atoms with Crippen LogP contribution in [-0.2, 0) is 6.54 Å². The number of benzene rings is 3. The summed E-state index contributed by atoms with van der Waals surface area (Å²) in [5.74, 6) is 0. The molecule has 2 nitrogen and oxygen atoms in total. The highest BCUT2D eigenvalue weighted by atomic mass is 15.3. The minimum atomic E-state index is 0.761. The fourth-order valence-electron chi connectivity index (χ4n) is 3.59. The van der Waals surface area contributed by atoms with E-state index < -0.39 is 0 Å². The average molecular weight is 352 g/mol. The van der Waals surface area contributed by atoms with Crippen LogP contribution in [0.5, 0.6) is 0 Å².